The lowest BCUT2D eigenvalue weighted by molar-refractivity contribution is 0.299. The average molecular weight is 453 g/mol. The first-order valence-electron chi connectivity index (χ1n) is 10.8. The van der Waals surface area contributed by atoms with E-state index < -0.39 is 0 Å². The molecule has 0 saturated carbocycles. The Balaban J connectivity index is 0.000000513. The molecule has 1 aromatic carbocycles. The van der Waals surface area contributed by atoms with Crippen molar-refractivity contribution in [1.82, 2.24) is 9.88 Å². The minimum Gasteiger partial charge on any atom is -0.300 e. The summed E-state index contributed by atoms with van der Waals surface area (Å²) in [5, 5.41) is 0. The maximum atomic E-state index is 6.34. The van der Waals surface area contributed by atoms with Crippen LogP contribution in [0, 0.1) is 0 Å². The third-order valence-corrected chi connectivity index (χ3v) is 6.38. The van der Waals surface area contributed by atoms with E-state index in [-0.39, 0.29) is 0 Å². The monoisotopic (exact) mass is 452 g/mol. The molecular weight excluding hydrogens is 420 g/mol. The molecule has 1 atom stereocenters. The van der Waals surface area contributed by atoms with Crippen molar-refractivity contribution in [2.75, 3.05) is 13.6 Å². The minimum absolute atomic E-state index is 0.346. The van der Waals surface area contributed by atoms with Gasteiger partial charge in [0.25, 0.3) is 0 Å². The Bertz CT molecular complexity index is 986. The number of nitrogens with zero attached hydrogens (tertiary/aromatic N) is 2. The zero-order valence-electron chi connectivity index (χ0n) is 19.1. The number of hydrogen-bond acceptors (Lipinski definition) is 3. The van der Waals surface area contributed by atoms with Gasteiger partial charge < -0.3 is 4.90 Å². The first-order chi connectivity index (χ1) is 15.1. The van der Waals surface area contributed by atoms with Crippen LogP contribution in [0.1, 0.15) is 48.3 Å². The highest BCUT2D eigenvalue weighted by Gasteiger charge is 2.28. The van der Waals surface area contributed by atoms with Crippen LogP contribution in [-0.4, -0.2) is 23.5 Å². The molecule has 0 amide bonds. The Morgan fingerprint density at radius 3 is 2.52 bits per heavy atom. The third kappa shape index (κ3) is 6.39. The highest BCUT2D eigenvalue weighted by molar-refractivity contribution is 7.16. The van der Waals surface area contributed by atoms with Crippen LogP contribution in [0.15, 0.2) is 74.1 Å². The normalized spacial score (nSPS) is 14.9. The number of benzene rings is 1. The molecule has 0 bridgehead atoms. The van der Waals surface area contributed by atoms with Gasteiger partial charge in [0.15, 0.2) is 0 Å². The van der Waals surface area contributed by atoms with Crippen molar-refractivity contribution in [3.8, 4) is 11.1 Å². The standard InChI is InChI=1S/C21H21ClN2S.C4H6.C2H6/c1-3-14-8-15(11-23-10-14)16-6-4-5-7-17(16)19-12-24(2)13-20-18(19)9-21(22)25-20;1-3-4-2;1-2/h4-11,19H,3,12-13H2,1-2H3;3-4H,1-2H2;1-2H3/t19-;;/m0../s1. The van der Waals surface area contributed by atoms with Gasteiger partial charge >= 0.3 is 0 Å². The molecule has 1 aliphatic rings. The summed E-state index contributed by atoms with van der Waals surface area (Å²) in [6, 6.07) is 13.2. The van der Waals surface area contributed by atoms with E-state index in [2.05, 4.69) is 73.4 Å². The third-order valence-electron chi connectivity index (χ3n) is 5.11. The highest BCUT2D eigenvalue weighted by atomic mass is 35.5. The molecule has 2 aromatic heterocycles. The second kappa shape index (κ2) is 12.6. The van der Waals surface area contributed by atoms with Gasteiger partial charge in [0, 0.05) is 41.8 Å². The molecule has 0 N–H and O–H groups in total. The molecule has 0 spiro atoms. The first-order valence-corrected chi connectivity index (χ1v) is 12.0. The molecule has 2 nitrogen and oxygen atoms in total. The zero-order chi connectivity index (χ0) is 22.8. The fourth-order valence-corrected chi connectivity index (χ4v) is 5.13. The molecule has 4 rings (SSSR count). The largest absolute Gasteiger partial charge is 0.300 e. The SMILES string of the molecule is C=CC=C.CC.CCc1cncc(-c2ccccc2[C@@H]2CN(C)Cc3sc(Cl)cc32)c1. The molecule has 0 radical (unpaired) electrons. The second-order valence-corrected chi connectivity index (χ2v) is 8.94. The Labute approximate surface area is 196 Å². The molecular formula is C27H33ClN2S. The number of allylic oxidation sites excluding steroid dienone is 2. The average Bonchev–Trinajstić information content (AvgIpc) is 3.19. The fourth-order valence-electron chi connectivity index (χ4n) is 3.70. The smallest absolute Gasteiger partial charge is 0.0934 e. The number of fused-ring (bicyclic) bond motifs is 1. The van der Waals surface area contributed by atoms with Crippen LogP contribution in [0.2, 0.25) is 4.34 Å². The Morgan fingerprint density at radius 1 is 1.13 bits per heavy atom. The topological polar surface area (TPSA) is 16.1 Å². The zero-order valence-corrected chi connectivity index (χ0v) is 20.6. The number of thiophene rings is 1. The van der Waals surface area contributed by atoms with Gasteiger partial charge in [-0.1, -0.05) is 81.9 Å². The van der Waals surface area contributed by atoms with Gasteiger partial charge in [0.1, 0.15) is 0 Å². The maximum Gasteiger partial charge on any atom is 0.0934 e. The summed E-state index contributed by atoms with van der Waals surface area (Å²) in [4.78, 5) is 8.23. The van der Waals surface area contributed by atoms with E-state index in [1.54, 1.807) is 23.5 Å². The van der Waals surface area contributed by atoms with Gasteiger partial charge in [-0.25, -0.2) is 0 Å². The predicted octanol–water partition coefficient (Wildman–Crippen LogP) is 7.99. The van der Waals surface area contributed by atoms with Gasteiger partial charge in [0.05, 0.1) is 4.34 Å². The summed E-state index contributed by atoms with van der Waals surface area (Å²) < 4.78 is 0.887. The van der Waals surface area contributed by atoms with E-state index in [1.807, 2.05) is 26.2 Å². The van der Waals surface area contributed by atoms with Crippen molar-refractivity contribution >= 4 is 22.9 Å². The van der Waals surface area contributed by atoms with E-state index in [0.29, 0.717) is 5.92 Å². The summed E-state index contributed by atoms with van der Waals surface area (Å²) in [6.45, 7) is 14.9. The quantitative estimate of drug-likeness (QED) is 0.373. The number of likely N-dealkylation sites (N-methyl/N-ethyl adjacent to an activating group) is 1. The fraction of sp³-hybridized carbons (Fsp3) is 0.296. The van der Waals surface area contributed by atoms with Crippen LogP contribution in [-0.2, 0) is 13.0 Å². The molecule has 31 heavy (non-hydrogen) atoms. The van der Waals surface area contributed by atoms with Crippen LogP contribution < -0.4 is 0 Å². The minimum atomic E-state index is 0.346. The number of aryl methyl sites for hydroxylation is 1. The van der Waals surface area contributed by atoms with Gasteiger partial charge in [-0.3, -0.25) is 4.98 Å². The van der Waals surface area contributed by atoms with Gasteiger partial charge in [-0.15, -0.1) is 11.3 Å². The summed E-state index contributed by atoms with van der Waals surface area (Å²) in [5.41, 5.74) is 6.50. The van der Waals surface area contributed by atoms with E-state index in [4.69, 9.17) is 11.6 Å². The number of pyridine rings is 1. The number of hydrogen-bond donors (Lipinski definition) is 0. The summed E-state index contributed by atoms with van der Waals surface area (Å²) in [7, 11) is 2.19. The van der Waals surface area contributed by atoms with Crippen LogP contribution in [0.5, 0.6) is 0 Å². The predicted molar refractivity (Wildman–Crippen MR) is 138 cm³/mol. The lowest BCUT2D eigenvalue weighted by Crippen LogP contribution is -2.30. The molecule has 3 aromatic rings. The maximum absolute atomic E-state index is 6.34. The van der Waals surface area contributed by atoms with Crippen LogP contribution in [0.3, 0.4) is 0 Å². The molecule has 0 fully saturated rings. The lowest BCUT2D eigenvalue weighted by Gasteiger charge is -2.31. The Kier molecular flexibility index (Phi) is 10.2. The number of rotatable bonds is 4. The van der Waals surface area contributed by atoms with Crippen molar-refractivity contribution in [1.29, 1.82) is 0 Å². The Hall–Kier alpha value is -2.20. The van der Waals surface area contributed by atoms with Crippen molar-refractivity contribution < 1.29 is 0 Å². The molecule has 4 heteroatoms. The van der Waals surface area contributed by atoms with E-state index in [9.17, 15) is 0 Å². The lowest BCUT2D eigenvalue weighted by atomic mass is 9.84. The van der Waals surface area contributed by atoms with Crippen molar-refractivity contribution in [3.05, 3.63) is 100 Å². The van der Waals surface area contributed by atoms with E-state index in [1.165, 1.54) is 32.7 Å². The van der Waals surface area contributed by atoms with Crippen molar-refractivity contribution in [3.63, 3.8) is 0 Å². The summed E-state index contributed by atoms with van der Waals surface area (Å²) >= 11 is 8.05. The van der Waals surface area contributed by atoms with Gasteiger partial charge in [0.2, 0.25) is 0 Å². The van der Waals surface area contributed by atoms with Crippen LogP contribution >= 0.6 is 22.9 Å². The van der Waals surface area contributed by atoms with E-state index >= 15 is 0 Å². The van der Waals surface area contributed by atoms with Crippen LogP contribution in [0.4, 0.5) is 0 Å². The van der Waals surface area contributed by atoms with E-state index in [0.717, 1.165) is 23.8 Å². The Morgan fingerprint density at radius 2 is 1.84 bits per heavy atom. The van der Waals surface area contributed by atoms with Gasteiger partial charge in [-0.2, -0.15) is 0 Å². The highest BCUT2D eigenvalue weighted by Crippen LogP contribution is 2.42. The molecule has 0 aliphatic carbocycles. The molecule has 1 aliphatic heterocycles. The number of aromatic nitrogens is 1. The van der Waals surface area contributed by atoms with Crippen LogP contribution in [0.25, 0.3) is 11.1 Å². The molecule has 164 valence electrons. The summed E-state index contributed by atoms with van der Waals surface area (Å²) in [5.74, 6) is 0.346. The first kappa shape index (κ1) is 25.1. The summed E-state index contributed by atoms with van der Waals surface area (Å²) in [6.07, 6.45) is 8.21. The van der Waals surface area contributed by atoms with Crippen molar-refractivity contribution in [2.45, 2.75) is 39.7 Å². The molecule has 0 saturated heterocycles. The molecule has 3 heterocycles. The van der Waals surface area contributed by atoms with Crippen molar-refractivity contribution in [2.24, 2.45) is 0 Å². The molecule has 0 unspecified atom stereocenters. The second-order valence-electron chi connectivity index (χ2n) is 7.17. The number of halogens is 1. The van der Waals surface area contributed by atoms with Gasteiger partial charge in [-0.05, 0) is 47.9 Å².